The Hall–Kier alpha value is -2.78. The number of alkyl halides is 3. The lowest BCUT2D eigenvalue weighted by molar-refractivity contribution is -0.274. The number of amides is 2. The van der Waals surface area contributed by atoms with E-state index in [4.69, 9.17) is 11.6 Å². The molecule has 1 N–H and O–H groups in total. The summed E-state index contributed by atoms with van der Waals surface area (Å²) in [6, 6.07) is 11.7. The smallest absolute Gasteiger partial charge is 0.406 e. The van der Waals surface area contributed by atoms with Crippen molar-refractivity contribution in [2.45, 2.75) is 6.36 Å². The highest BCUT2D eigenvalue weighted by atomic mass is 35.5. The number of piperazine rings is 1. The first kappa shape index (κ1) is 21.9. The molecule has 30 heavy (non-hydrogen) atoms. The molecule has 0 radical (unpaired) electrons. The van der Waals surface area contributed by atoms with Crippen LogP contribution in [0.4, 0.5) is 18.9 Å². The number of nitrogens with zero attached hydrogens (tertiary/aromatic N) is 2. The molecular weight excluding hydrogens is 423 g/mol. The highest BCUT2D eigenvalue weighted by Crippen LogP contribution is 2.24. The lowest BCUT2D eigenvalue weighted by Crippen LogP contribution is -2.50. The summed E-state index contributed by atoms with van der Waals surface area (Å²) in [7, 11) is 0. The Morgan fingerprint density at radius 3 is 2.30 bits per heavy atom. The zero-order valence-electron chi connectivity index (χ0n) is 15.8. The Balaban J connectivity index is 1.45. The predicted octanol–water partition coefficient (Wildman–Crippen LogP) is 3.64. The van der Waals surface area contributed by atoms with Crippen molar-refractivity contribution in [3.63, 3.8) is 0 Å². The second-order valence-electron chi connectivity index (χ2n) is 6.70. The number of halogens is 4. The van der Waals surface area contributed by atoms with Crippen molar-refractivity contribution in [1.29, 1.82) is 0 Å². The maximum atomic E-state index is 12.5. The number of nitrogens with one attached hydrogen (secondary N) is 1. The summed E-state index contributed by atoms with van der Waals surface area (Å²) < 4.78 is 40.3. The van der Waals surface area contributed by atoms with Crippen molar-refractivity contribution >= 4 is 29.1 Å². The number of anilines is 1. The van der Waals surface area contributed by atoms with E-state index in [1.54, 1.807) is 29.2 Å². The van der Waals surface area contributed by atoms with Crippen LogP contribution in [0.2, 0.25) is 5.02 Å². The molecular formula is C20H19ClF3N3O3. The van der Waals surface area contributed by atoms with Gasteiger partial charge in [0, 0.05) is 42.5 Å². The molecule has 3 rings (SSSR count). The van der Waals surface area contributed by atoms with Gasteiger partial charge in [0.2, 0.25) is 5.91 Å². The van der Waals surface area contributed by atoms with Gasteiger partial charge in [0.15, 0.2) is 0 Å². The first-order valence-electron chi connectivity index (χ1n) is 9.12. The molecule has 0 saturated carbocycles. The highest BCUT2D eigenvalue weighted by molar-refractivity contribution is 6.30. The van der Waals surface area contributed by atoms with Gasteiger partial charge < -0.3 is 15.0 Å². The second kappa shape index (κ2) is 9.36. The fourth-order valence-corrected chi connectivity index (χ4v) is 3.25. The van der Waals surface area contributed by atoms with Crippen LogP contribution in [0.5, 0.6) is 5.75 Å². The van der Waals surface area contributed by atoms with Crippen LogP contribution in [0.1, 0.15) is 10.4 Å². The van der Waals surface area contributed by atoms with Crippen LogP contribution in [-0.4, -0.2) is 60.7 Å². The monoisotopic (exact) mass is 441 g/mol. The molecule has 2 aromatic rings. The lowest BCUT2D eigenvalue weighted by Gasteiger charge is -2.34. The molecule has 1 fully saturated rings. The third-order valence-electron chi connectivity index (χ3n) is 4.47. The highest BCUT2D eigenvalue weighted by Gasteiger charge is 2.31. The average molecular weight is 442 g/mol. The minimum Gasteiger partial charge on any atom is -0.406 e. The van der Waals surface area contributed by atoms with Gasteiger partial charge in [0.25, 0.3) is 5.91 Å². The standard InChI is InChI=1S/C20H19ClF3N3O3/c21-15-3-1-2-14(12-15)19(29)27-10-8-26(9-11-27)13-18(28)25-16-4-6-17(7-5-16)30-20(22,23)24/h1-7,12H,8-11,13H2,(H,25,28). The Kier molecular flexibility index (Phi) is 6.84. The molecule has 0 aromatic heterocycles. The van der Waals surface area contributed by atoms with Crippen LogP contribution in [0.3, 0.4) is 0 Å². The maximum absolute atomic E-state index is 12.5. The summed E-state index contributed by atoms with van der Waals surface area (Å²) in [5.74, 6) is -0.766. The Bertz CT molecular complexity index is 898. The third-order valence-corrected chi connectivity index (χ3v) is 4.71. The summed E-state index contributed by atoms with van der Waals surface area (Å²) in [4.78, 5) is 28.3. The quantitative estimate of drug-likeness (QED) is 0.769. The normalized spacial score (nSPS) is 15.0. The largest absolute Gasteiger partial charge is 0.573 e. The summed E-state index contributed by atoms with van der Waals surface area (Å²) >= 11 is 5.93. The number of hydrogen-bond acceptors (Lipinski definition) is 4. The van der Waals surface area contributed by atoms with E-state index >= 15 is 0 Å². The Morgan fingerprint density at radius 1 is 1.03 bits per heavy atom. The van der Waals surface area contributed by atoms with E-state index < -0.39 is 6.36 Å². The van der Waals surface area contributed by atoms with Crippen molar-refractivity contribution in [2.75, 3.05) is 38.0 Å². The summed E-state index contributed by atoms with van der Waals surface area (Å²) in [6.07, 6.45) is -4.76. The summed E-state index contributed by atoms with van der Waals surface area (Å²) in [5, 5.41) is 3.13. The molecule has 0 aliphatic carbocycles. The topological polar surface area (TPSA) is 61.9 Å². The predicted molar refractivity (Wildman–Crippen MR) is 106 cm³/mol. The lowest BCUT2D eigenvalue weighted by atomic mass is 10.2. The van der Waals surface area contributed by atoms with Crippen molar-refractivity contribution in [3.8, 4) is 5.75 Å². The van der Waals surface area contributed by atoms with Gasteiger partial charge >= 0.3 is 6.36 Å². The van der Waals surface area contributed by atoms with Gasteiger partial charge in [-0.05, 0) is 42.5 Å². The van der Waals surface area contributed by atoms with Gasteiger partial charge in [-0.15, -0.1) is 13.2 Å². The van der Waals surface area contributed by atoms with Crippen LogP contribution < -0.4 is 10.1 Å². The average Bonchev–Trinajstić information content (AvgIpc) is 2.68. The Morgan fingerprint density at radius 2 is 1.70 bits per heavy atom. The van der Waals surface area contributed by atoms with E-state index in [2.05, 4.69) is 10.1 Å². The first-order chi connectivity index (χ1) is 14.2. The maximum Gasteiger partial charge on any atom is 0.573 e. The fraction of sp³-hybridized carbons (Fsp3) is 0.300. The fourth-order valence-electron chi connectivity index (χ4n) is 3.06. The van der Waals surface area contributed by atoms with Crippen LogP contribution in [0, 0.1) is 0 Å². The zero-order chi connectivity index (χ0) is 21.7. The number of carbonyl (C=O) groups is 2. The molecule has 0 atom stereocenters. The van der Waals surface area contributed by atoms with Crippen LogP contribution in [0.25, 0.3) is 0 Å². The van der Waals surface area contributed by atoms with Gasteiger partial charge in [0.05, 0.1) is 6.54 Å². The minimum atomic E-state index is -4.76. The van der Waals surface area contributed by atoms with Crippen molar-refractivity contribution in [1.82, 2.24) is 9.80 Å². The van der Waals surface area contributed by atoms with E-state index in [0.717, 1.165) is 12.1 Å². The first-order valence-corrected chi connectivity index (χ1v) is 9.50. The van der Waals surface area contributed by atoms with Crippen molar-refractivity contribution < 1.29 is 27.5 Å². The summed E-state index contributed by atoms with van der Waals surface area (Å²) in [5.41, 5.74) is 0.885. The van der Waals surface area contributed by atoms with Crippen LogP contribution >= 0.6 is 11.6 Å². The van der Waals surface area contributed by atoms with E-state index in [0.29, 0.717) is 42.5 Å². The van der Waals surface area contributed by atoms with E-state index in [1.165, 1.54) is 12.1 Å². The van der Waals surface area contributed by atoms with E-state index in [9.17, 15) is 22.8 Å². The molecule has 0 bridgehead atoms. The molecule has 1 aliphatic rings. The zero-order valence-corrected chi connectivity index (χ0v) is 16.5. The second-order valence-corrected chi connectivity index (χ2v) is 7.14. The molecule has 2 aromatic carbocycles. The van der Waals surface area contributed by atoms with Gasteiger partial charge in [0.1, 0.15) is 5.75 Å². The number of rotatable bonds is 5. The third kappa shape index (κ3) is 6.36. The molecule has 1 heterocycles. The SMILES string of the molecule is O=C(CN1CCN(C(=O)c2cccc(Cl)c2)CC1)Nc1ccc(OC(F)(F)F)cc1. The molecule has 2 amide bonds. The molecule has 1 aliphatic heterocycles. The van der Waals surface area contributed by atoms with Crippen molar-refractivity contribution in [2.24, 2.45) is 0 Å². The molecule has 0 unspecified atom stereocenters. The molecule has 1 saturated heterocycles. The number of carbonyl (C=O) groups excluding carboxylic acids is 2. The van der Waals surface area contributed by atoms with Crippen molar-refractivity contribution in [3.05, 3.63) is 59.1 Å². The number of benzene rings is 2. The van der Waals surface area contributed by atoms with Gasteiger partial charge in [-0.2, -0.15) is 0 Å². The van der Waals surface area contributed by atoms with Gasteiger partial charge in [-0.25, -0.2) is 0 Å². The molecule has 160 valence electrons. The van der Waals surface area contributed by atoms with Crippen LogP contribution in [-0.2, 0) is 4.79 Å². The minimum absolute atomic E-state index is 0.109. The number of ether oxygens (including phenoxy) is 1. The van der Waals surface area contributed by atoms with Gasteiger partial charge in [-0.3, -0.25) is 14.5 Å². The van der Waals surface area contributed by atoms with Gasteiger partial charge in [-0.1, -0.05) is 17.7 Å². The van der Waals surface area contributed by atoms with E-state index in [-0.39, 0.29) is 24.1 Å². The van der Waals surface area contributed by atoms with Crippen LogP contribution in [0.15, 0.2) is 48.5 Å². The molecule has 6 nitrogen and oxygen atoms in total. The number of hydrogen-bond donors (Lipinski definition) is 1. The molecule has 10 heteroatoms. The Labute approximate surface area is 176 Å². The molecule has 0 spiro atoms. The summed E-state index contributed by atoms with van der Waals surface area (Å²) in [6.45, 7) is 2.11. The van der Waals surface area contributed by atoms with E-state index in [1.807, 2.05) is 4.90 Å².